The SMILES string of the molecule is CC(C)(C)c1cc(-c2nn(CCC(=O)O)c3ncccc23)cc(C(C)(C)C)c1O. The van der Waals surface area contributed by atoms with E-state index in [2.05, 4.69) is 46.5 Å². The van der Waals surface area contributed by atoms with Crippen molar-refractivity contribution in [2.75, 3.05) is 0 Å². The van der Waals surface area contributed by atoms with Crippen LogP contribution in [0.2, 0.25) is 0 Å². The number of carboxylic acid groups (broad SMARTS) is 1. The first kappa shape index (κ1) is 20.8. The summed E-state index contributed by atoms with van der Waals surface area (Å²) in [4.78, 5) is 15.5. The molecule has 0 aliphatic rings. The number of phenols is 1. The summed E-state index contributed by atoms with van der Waals surface area (Å²) >= 11 is 0. The maximum atomic E-state index is 11.0. The monoisotopic (exact) mass is 395 g/mol. The number of aromatic hydroxyl groups is 1. The second-order valence-electron chi connectivity index (χ2n) is 9.51. The molecular formula is C23H29N3O3. The fourth-order valence-corrected chi connectivity index (χ4v) is 3.49. The molecule has 3 aromatic rings. The summed E-state index contributed by atoms with van der Waals surface area (Å²) in [5, 5.41) is 25.6. The lowest BCUT2D eigenvalue weighted by Gasteiger charge is -2.28. The Kier molecular flexibility index (Phi) is 5.15. The molecule has 0 aliphatic heterocycles. The van der Waals surface area contributed by atoms with E-state index in [1.165, 1.54) is 0 Å². The molecule has 3 rings (SSSR count). The quantitative estimate of drug-likeness (QED) is 0.658. The Morgan fingerprint density at radius 3 is 2.17 bits per heavy atom. The molecule has 1 aromatic carbocycles. The van der Waals surface area contributed by atoms with Crippen molar-refractivity contribution in [1.82, 2.24) is 14.8 Å². The van der Waals surface area contributed by atoms with E-state index in [1.54, 1.807) is 10.9 Å². The number of benzene rings is 1. The Morgan fingerprint density at radius 2 is 1.66 bits per heavy atom. The molecule has 6 nitrogen and oxygen atoms in total. The van der Waals surface area contributed by atoms with Gasteiger partial charge in [0.05, 0.1) is 13.0 Å². The molecule has 0 radical (unpaired) electrons. The zero-order valence-electron chi connectivity index (χ0n) is 17.9. The van der Waals surface area contributed by atoms with Crippen LogP contribution in [-0.2, 0) is 22.2 Å². The lowest BCUT2D eigenvalue weighted by molar-refractivity contribution is -0.137. The lowest BCUT2D eigenvalue weighted by Crippen LogP contribution is -2.17. The van der Waals surface area contributed by atoms with Gasteiger partial charge >= 0.3 is 5.97 Å². The van der Waals surface area contributed by atoms with Crippen LogP contribution in [0.15, 0.2) is 30.5 Å². The van der Waals surface area contributed by atoms with Gasteiger partial charge in [-0.15, -0.1) is 0 Å². The van der Waals surface area contributed by atoms with E-state index < -0.39 is 5.97 Å². The Labute approximate surface area is 171 Å². The van der Waals surface area contributed by atoms with E-state index in [1.807, 2.05) is 24.3 Å². The van der Waals surface area contributed by atoms with Crippen molar-refractivity contribution in [3.8, 4) is 17.0 Å². The van der Waals surface area contributed by atoms with Crippen LogP contribution in [0.3, 0.4) is 0 Å². The first-order valence-corrected chi connectivity index (χ1v) is 9.81. The number of nitrogens with zero attached hydrogens (tertiary/aromatic N) is 3. The number of aryl methyl sites for hydroxylation is 1. The van der Waals surface area contributed by atoms with Gasteiger partial charge in [0.1, 0.15) is 11.4 Å². The molecule has 0 unspecified atom stereocenters. The Morgan fingerprint density at radius 1 is 1.07 bits per heavy atom. The Hall–Kier alpha value is -2.89. The van der Waals surface area contributed by atoms with Gasteiger partial charge in [0.15, 0.2) is 5.65 Å². The largest absolute Gasteiger partial charge is 0.507 e. The fourth-order valence-electron chi connectivity index (χ4n) is 3.49. The Bertz CT molecular complexity index is 1030. The first-order chi connectivity index (χ1) is 13.4. The molecule has 2 aromatic heterocycles. The van der Waals surface area contributed by atoms with Crippen molar-refractivity contribution in [3.05, 3.63) is 41.6 Å². The summed E-state index contributed by atoms with van der Waals surface area (Å²) in [6.45, 7) is 12.7. The molecule has 0 spiro atoms. The third kappa shape index (κ3) is 4.11. The van der Waals surface area contributed by atoms with Gasteiger partial charge in [0.25, 0.3) is 0 Å². The van der Waals surface area contributed by atoms with Crippen molar-refractivity contribution < 1.29 is 15.0 Å². The number of hydrogen-bond donors (Lipinski definition) is 2. The topological polar surface area (TPSA) is 88.2 Å². The van der Waals surface area contributed by atoms with Crippen LogP contribution in [0.4, 0.5) is 0 Å². The van der Waals surface area contributed by atoms with Crippen molar-refractivity contribution in [2.45, 2.75) is 65.3 Å². The third-order valence-corrected chi connectivity index (χ3v) is 5.04. The predicted molar refractivity (Wildman–Crippen MR) is 114 cm³/mol. The van der Waals surface area contributed by atoms with E-state index in [0.29, 0.717) is 11.4 Å². The molecule has 0 fully saturated rings. The van der Waals surface area contributed by atoms with E-state index in [4.69, 9.17) is 10.2 Å². The number of fused-ring (bicyclic) bond motifs is 1. The summed E-state index contributed by atoms with van der Waals surface area (Å²) in [6, 6.07) is 7.77. The molecule has 0 saturated carbocycles. The molecule has 0 aliphatic carbocycles. The van der Waals surface area contributed by atoms with Crippen LogP contribution >= 0.6 is 0 Å². The summed E-state index contributed by atoms with van der Waals surface area (Å²) < 4.78 is 1.65. The maximum absolute atomic E-state index is 11.0. The predicted octanol–water partition coefficient (Wildman–Crippen LogP) is 4.87. The highest BCUT2D eigenvalue weighted by Crippen LogP contribution is 2.42. The van der Waals surface area contributed by atoms with Crippen LogP contribution in [0.1, 0.15) is 59.1 Å². The summed E-state index contributed by atoms with van der Waals surface area (Å²) in [7, 11) is 0. The molecule has 6 heteroatoms. The zero-order valence-corrected chi connectivity index (χ0v) is 17.9. The maximum Gasteiger partial charge on any atom is 0.305 e. The van der Waals surface area contributed by atoms with Crippen LogP contribution in [-0.4, -0.2) is 30.9 Å². The highest BCUT2D eigenvalue weighted by atomic mass is 16.4. The average molecular weight is 396 g/mol. The van der Waals surface area contributed by atoms with E-state index in [0.717, 1.165) is 27.8 Å². The minimum Gasteiger partial charge on any atom is -0.507 e. The van der Waals surface area contributed by atoms with Crippen molar-refractivity contribution in [3.63, 3.8) is 0 Å². The van der Waals surface area contributed by atoms with Crippen LogP contribution in [0, 0.1) is 0 Å². The molecule has 154 valence electrons. The average Bonchev–Trinajstić information content (AvgIpc) is 2.97. The number of carbonyl (C=O) groups is 1. The van der Waals surface area contributed by atoms with Gasteiger partial charge in [0.2, 0.25) is 0 Å². The molecule has 29 heavy (non-hydrogen) atoms. The van der Waals surface area contributed by atoms with Gasteiger partial charge in [-0.2, -0.15) is 5.10 Å². The summed E-state index contributed by atoms with van der Waals surface area (Å²) in [6.07, 6.45) is 1.66. The number of phenolic OH excluding ortho intramolecular Hbond substituents is 1. The minimum absolute atomic E-state index is 0.0249. The van der Waals surface area contributed by atoms with E-state index >= 15 is 0 Å². The summed E-state index contributed by atoms with van der Waals surface area (Å²) in [5.74, 6) is -0.553. The first-order valence-electron chi connectivity index (χ1n) is 9.81. The number of aromatic nitrogens is 3. The standard InChI is InChI=1S/C23H29N3O3/c1-22(2,3)16-12-14(13-17(20(16)29)23(4,5)6)19-15-8-7-10-24-21(15)26(25-19)11-9-18(27)28/h7-8,10,12-13,29H,9,11H2,1-6H3,(H,27,28). The van der Waals surface area contributed by atoms with Crippen LogP contribution < -0.4 is 0 Å². The van der Waals surface area contributed by atoms with E-state index in [-0.39, 0.29) is 23.8 Å². The molecule has 0 saturated heterocycles. The van der Waals surface area contributed by atoms with Gasteiger partial charge in [-0.3, -0.25) is 4.79 Å². The van der Waals surface area contributed by atoms with Gasteiger partial charge < -0.3 is 10.2 Å². The smallest absolute Gasteiger partial charge is 0.305 e. The molecule has 0 atom stereocenters. The summed E-state index contributed by atoms with van der Waals surface area (Å²) in [5.41, 5.74) is 3.51. The second-order valence-corrected chi connectivity index (χ2v) is 9.51. The van der Waals surface area contributed by atoms with Gasteiger partial charge in [-0.1, -0.05) is 41.5 Å². The molecule has 2 heterocycles. The molecule has 0 amide bonds. The second kappa shape index (κ2) is 7.17. The Balaban J connectivity index is 2.28. The molecular weight excluding hydrogens is 366 g/mol. The fraction of sp³-hybridized carbons (Fsp3) is 0.435. The third-order valence-electron chi connectivity index (χ3n) is 5.04. The number of rotatable bonds is 4. The highest BCUT2D eigenvalue weighted by Gasteiger charge is 2.28. The molecule has 0 bridgehead atoms. The van der Waals surface area contributed by atoms with Crippen LogP contribution in [0.5, 0.6) is 5.75 Å². The van der Waals surface area contributed by atoms with Gasteiger partial charge in [-0.05, 0) is 35.1 Å². The number of aliphatic carboxylic acids is 1. The number of carboxylic acids is 1. The lowest BCUT2D eigenvalue weighted by atomic mass is 9.78. The normalized spacial score (nSPS) is 12.5. The number of hydrogen-bond acceptors (Lipinski definition) is 4. The number of pyridine rings is 1. The van der Waals surface area contributed by atoms with E-state index in [9.17, 15) is 9.90 Å². The van der Waals surface area contributed by atoms with Crippen LogP contribution in [0.25, 0.3) is 22.3 Å². The highest BCUT2D eigenvalue weighted by molar-refractivity contribution is 5.91. The molecule has 2 N–H and O–H groups in total. The van der Waals surface area contributed by atoms with Crippen molar-refractivity contribution >= 4 is 17.0 Å². The van der Waals surface area contributed by atoms with Crippen molar-refractivity contribution in [2.24, 2.45) is 0 Å². The minimum atomic E-state index is -0.874. The van der Waals surface area contributed by atoms with Gasteiger partial charge in [0, 0.05) is 28.3 Å². The zero-order chi connectivity index (χ0) is 21.6. The van der Waals surface area contributed by atoms with Gasteiger partial charge in [-0.25, -0.2) is 9.67 Å². The van der Waals surface area contributed by atoms with Crippen molar-refractivity contribution in [1.29, 1.82) is 0 Å².